The number of hydrogen-bond donors (Lipinski definition) is 2. The Kier molecular flexibility index (Phi) is 6.28. The molecule has 1 heterocycles. The van der Waals surface area contributed by atoms with Gasteiger partial charge in [-0.1, -0.05) is 24.3 Å². The highest BCUT2D eigenvalue weighted by molar-refractivity contribution is 5.99. The van der Waals surface area contributed by atoms with E-state index in [9.17, 15) is 19.5 Å². The SMILES string of the molecule is Cc1cc(C(=O)NC(CC(=O)O)c2cccc(C#N)c2)ccc1C(=O)N1CC=CC1. The van der Waals surface area contributed by atoms with E-state index in [0.717, 1.165) is 0 Å². The van der Waals surface area contributed by atoms with E-state index in [0.29, 0.717) is 40.9 Å². The summed E-state index contributed by atoms with van der Waals surface area (Å²) in [4.78, 5) is 38.4. The molecule has 2 aromatic carbocycles. The van der Waals surface area contributed by atoms with Gasteiger partial charge in [-0.05, 0) is 48.4 Å². The van der Waals surface area contributed by atoms with Crippen LogP contribution in [0.3, 0.4) is 0 Å². The number of carboxylic acid groups (broad SMARTS) is 1. The molecule has 2 amide bonds. The number of aryl methyl sites for hydroxylation is 1. The van der Waals surface area contributed by atoms with Crippen LogP contribution in [0, 0.1) is 18.3 Å². The number of carbonyl (C=O) groups is 3. The second-order valence-electron chi connectivity index (χ2n) is 7.07. The molecule has 0 radical (unpaired) electrons. The molecule has 0 fully saturated rings. The van der Waals surface area contributed by atoms with Crippen LogP contribution in [-0.2, 0) is 4.79 Å². The van der Waals surface area contributed by atoms with Crippen molar-refractivity contribution in [2.75, 3.05) is 13.1 Å². The van der Waals surface area contributed by atoms with E-state index >= 15 is 0 Å². The zero-order chi connectivity index (χ0) is 21.7. The molecule has 2 aromatic rings. The van der Waals surface area contributed by atoms with Crippen molar-refractivity contribution in [2.24, 2.45) is 0 Å². The lowest BCUT2D eigenvalue weighted by molar-refractivity contribution is -0.137. The number of nitrogens with zero attached hydrogens (tertiary/aromatic N) is 2. The van der Waals surface area contributed by atoms with Crippen LogP contribution in [0.25, 0.3) is 0 Å². The van der Waals surface area contributed by atoms with Crippen molar-refractivity contribution in [3.8, 4) is 6.07 Å². The lowest BCUT2D eigenvalue weighted by Gasteiger charge is -2.19. The average Bonchev–Trinajstić information content (AvgIpc) is 3.27. The van der Waals surface area contributed by atoms with Crippen LogP contribution in [0.4, 0.5) is 0 Å². The van der Waals surface area contributed by atoms with Crippen LogP contribution in [0.1, 0.15) is 49.9 Å². The van der Waals surface area contributed by atoms with Gasteiger partial charge < -0.3 is 15.3 Å². The van der Waals surface area contributed by atoms with Crippen molar-refractivity contribution < 1.29 is 19.5 Å². The predicted octanol–water partition coefficient (Wildman–Crippen LogP) is 2.82. The Morgan fingerprint density at radius 1 is 1.17 bits per heavy atom. The Hall–Kier alpha value is -3.92. The van der Waals surface area contributed by atoms with E-state index in [1.165, 1.54) is 0 Å². The molecule has 1 aliphatic rings. The number of carbonyl (C=O) groups excluding carboxylic acids is 2. The summed E-state index contributed by atoms with van der Waals surface area (Å²) < 4.78 is 0. The van der Waals surface area contributed by atoms with Crippen LogP contribution in [0.5, 0.6) is 0 Å². The van der Waals surface area contributed by atoms with Crippen molar-refractivity contribution in [3.63, 3.8) is 0 Å². The van der Waals surface area contributed by atoms with Crippen molar-refractivity contribution in [3.05, 3.63) is 82.4 Å². The number of hydrogen-bond acceptors (Lipinski definition) is 4. The molecule has 0 aliphatic carbocycles. The van der Waals surface area contributed by atoms with Crippen molar-refractivity contribution >= 4 is 17.8 Å². The number of nitrogens with one attached hydrogen (secondary N) is 1. The number of rotatable bonds is 6. The first-order valence-electron chi connectivity index (χ1n) is 9.46. The van der Waals surface area contributed by atoms with Crippen LogP contribution in [0.15, 0.2) is 54.6 Å². The number of nitriles is 1. The molecule has 152 valence electrons. The van der Waals surface area contributed by atoms with Gasteiger partial charge >= 0.3 is 5.97 Å². The second kappa shape index (κ2) is 9.05. The first kappa shape index (κ1) is 20.8. The maximum atomic E-state index is 12.8. The summed E-state index contributed by atoms with van der Waals surface area (Å²) in [5.41, 5.74) is 2.44. The summed E-state index contributed by atoms with van der Waals surface area (Å²) in [7, 11) is 0. The van der Waals surface area contributed by atoms with Crippen LogP contribution >= 0.6 is 0 Å². The van der Waals surface area contributed by atoms with E-state index in [2.05, 4.69) is 5.32 Å². The molecule has 2 N–H and O–H groups in total. The summed E-state index contributed by atoms with van der Waals surface area (Å²) >= 11 is 0. The van der Waals surface area contributed by atoms with Gasteiger partial charge in [0.25, 0.3) is 11.8 Å². The summed E-state index contributed by atoms with van der Waals surface area (Å²) in [6, 6.07) is 12.5. The molecule has 1 atom stereocenters. The lowest BCUT2D eigenvalue weighted by atomic mass is 10.00. The van der Waals surface area contributed by atoms with E-state index in [1.54, 1.807) is 54.3 Å². The Morgan fingerprint density at radius 2 is 1.90 bits per heavy atom. The monoisotopic (exact) mass is 403 g/mol. The van der Waals surface area contributed by atoms with Gasteiger partial charge in [-0.15, -0.1) is 0 Å². The topological polar surface area (TPSA) is 110 Å². The van der Waals surface area contributed by atoms with Gasteiger partial charge in [0, 0.05) is 24.2 Å². The zero-order valence-corrected chi connectivity index (χ0v) is 16.5. The number of benzene rings is 2. The van der Waals surface area contributed by atoms with Crippen molar-refractivity contribution in [1.29, 1.82) is 5.26 Å². The maximum absolute atomic E-state index is 12.8. The molecule has 0 spiro atoms. The molecule has 0 bridgehead atoms. The fraction of sp³-hybridized carbons (Fsp3) is 0.217. The molecule has 7 heteroatoms. The smallest absolute Gasteiger partial charge is 0.305 e. The van der Waals surface area contributed by atoms with Crippen molar-refractivity contribution in [1.82, 2.24) is 10.2 Å². The highest BCUT2D eigenvalue weighted by Crippen LogP contribution is 2.20. The third kappa shape index (κ3) is 4.73. The fourth-order valence-electron chi connectivity index (χ4n) is 3.35. The minimum absolute atomic E-state index is 0.0958. The highest BCUT2D eigenvalue weighted by atomic mass is 16.4. The Bertz CT molecular complexity index is 1060. The minimum Gasteiger partial charge on any atom is -0.481 e. The molecule has 7 nitrogen and oxygen atoms in total. The maximum Gasteiger partial charge on any atom is 0.305 e. The molecule has 30 heavy (non-hydrogen) atoms. The Balaban J connectivity index is 1.80. The van der Waals surface area contributed by atoms with Crippen LogP contribution < -0.4 is 5.32 Å². The average molecular weight is 403 g/mol. The number of aliphatic carboxylic acids is 1. The molecule has 3 rings (SSSR count). The van der Waals surface area contributed by atoms with E-state index in [1.807, 2.05) is 18.2 Å². The third-order valence-corrected chi connectivity index (χ3v) is 4.93. The van der Waals surface area contributed by atoms with Gasteiger partial charge in [0.2, 0.25) is 0 Å². The van der Waals surface area contributed by atoms with Gasteiger partial charge in [-0.3, -0.25) is 14.4 Å². The first-order chi connectivity index (χ1) is 14.4. The van der Waals surface area contributed by atoms with Gasteiger partial charge in [-0.2, -0.15) is 5.26 Å². The van der Waals surface area contributed by atoms with Crippen LogP contribution in [-0.4, -0.2) is 40.9 Å². The predicted molar refractivity (Wildman–Crippen MR) is 110 cm³/mol. The molecular weight excluding hydrogens is 382 g/mol. The molecule has 1 unspecified atom stereocenters. The quantitative estimate of drug-likeness (QED) is 0.721. The normalized spacial score (nSPS) is 13.5. The third-order valence-electron chi connectivity index (χ3n) is 4.93. The van der Waals surface area contributed by atoms with Gasteiger partial charge in [0.15, 0.2) is 0 Å². The standard InChI is InChI=1S/C23H21N3O4/c1-15-11-18(7-8-19(15)23(30)26-9-2-3-10-26)22(29)25-20(13-21(27)28)17-6-4-5-16(12-17)14-24/h2-8,11-12,20H,9-10,13H2,1H3,(H,25,29)(H,27,28). The Labute approximate surface area is 174 Å². The lowest BCUT2D eigenvalue weighted by Crippen LogP contribution is -2.31. The summed E-state index contributed by atoms with van der Waals surface area (Å²) in [5.74, 6) is -1.62. The number of amides is 2. The molecule has 0 aromatic heterocycles. The fourth-order valence-corrected chi connectivity index (χ4v) is 3.35. The van der Waals surface area contributed by atoms with E-state index in [4.69, 9.17) is 5.26 Å². The van der Waals surface area contributed by atoms with Gasteiger partial charge in [0.1, 0.15) is 0 Å². The van der Waals surface area contributed by atoms with Gasteiger partial charge in [0.05, 0.1) is 24.1 Å². The summed E-state index contributed by atoms with van der Waals surface area (Å²) in [6.07, 6.45) is 3.54. The highest BCUT2D eigenvalue weighted by Gasteiger charge is 2.22. The van der Waals surface area contributed by atoms with E-state index < -0.39 is 17.9 Å². The number of carboxylic acids is 1. The molecule has 0 saturated carbocycles. The molecule has 0 saturated heterocycles. The van der Waals surface area contributed by atoms with Crippen molar-refractivity contribution in [2.45, 2.75) is 19.4 Å². The first-order valence-corrected chi connectivity index (χ1v) is 9.46. The summed E-state index contributed by atoms with van der Waals surface area (Å²) in [5, 5.41) is 21.0. The molecule has 1 aliphatic heterocycles. The second-order valence-corrected chi connectivity index (χ2v) is 7.07. The summed E-state index contributed by atoms with van der Waals surface area (Å²) in [6.45, 7) is 2.90. The minimum atomic E-state index is -1.07. The Morgan fingerprint density at radius 3 is 2.53 bits per heavy atom. The van der Waals surface area contributed by atoms with Gasteiger partial charge in [-0.25, -0.2) is 0 Å². The van der Waals surface area contributed by atoms with Crippen LogP contribution in [0.2, 0.25) is 0 Å². The largest absolute Gasteiger partial charge is 0.481 e. The molecular formula is C23H21N3O4. The van der Waals surface area contributed by atoms with E-state index in [-0.39, 0.29) is 12.3 Å². The zero-order valence-electron chi connectivity index (χ0n) is 16.5.